The normalized spacial score (nSPS) is 10.8. The van der Waals surface area contributed by atoms with E-state index in [0.29, 0.717) is 13.2 Å². The molecule has 0 saturated heterocycles. The first-order chi connectivity index (χ1) is 12.2. The van der Waals surface area contributed by atoms with Crippen molar-refractivity contribution in [1.82, 2.24) is 10.3 Å². The molecule has 0 fully saturated rings. The molecule has 0 unspecified atom stereocenters. The topological polar surface area (TPSA) is 60.5 Å². The summed E-state index contributed by atoms with van der Waals surface area (Å²) in [5.41, 5.74) is 2.12. The molecule has 0 aliphatic rings. The number of fused-ring (bicyclic) bond motifs is 1. The van der Waals surface area contributed by atoms with Gasteiger partial charge in [0.15, 0.2) is 0 Å². The van der Waals surface area contributed by atoms with Gasteiger partial charge in [0.05, 0.1) is 23.9 Å². The van der Waals surface area contributed by atoms with Gasteiger partial charge in [0, 0.05) is 6.54 Å². The molecule has 3 rings (SSSR count). The Kier molecular flexibility index (Phi) is 5.98. The van der Waals surface area contributed by atoms with Crippen LogP contribution in [-0.4, -0.2) is 31.2 Å². The Balaban J connectivity index is 1.36. The minimum atomic E-state index is -0.116. The first kappa shape index (κ1) is 17.4. The van der Waals surface area contributed by atoms with Crippen LogP contribution in [0.5, 0.6) is 5.75 Å². The first-order valence-electron chi connectivity index (χ1n) is 8.06. The summed E-state index contributed by atoms with van der Waals surface area (Å²) in [5.74, 6) is 0.714. The van der Waals surface area contributed by atoms with E-state index >= 15 is 0 Å². The molecule has 6 heteroatoms. The Bertz CT molecular complexity index is 797. The molecule has 0 atom stereocenters. The highest BCUT2D eigenvalue weighted by Gasteiger charge is 2.05. The molecule has 1 N–H and O–H groups in total. The highest BCUT2D eigenvalue weighted by Crippen LogP contribution is 2.21. The third-order valence-electron chi connectivity index (χ3n) is 3.69. The minimum absolute atomic E-state index is 0.0402. The van der Waals surface area contributed by atoms with E-state index in [1.807, 2.05) is 48.5 Å². The van der Waals surface area contributed by atoms with Gasteiger partial charge in [0.1, 0.15) is 17.4 Å². The lowest BCUT2D eigenvalue weighted by Crippen LogP contribution is -2.29. The van der Waals surface area contributed by atoms with Crippen LogP contribution in [0.3, 0.4) is 0 Å². The number of amides is 1. The van der Waals surface area contributed by atoms with Gasteiger partial charge < -0.3 is 14.8 Å². The summed E-state index contributed by atoms with van der Waals surface area (Å²) in [6.07, 6.45) is 0.771. The van der Waals surface area contributed by atoms with Crippen molar-refractivity contribution >= 4 is 27.5 Å². The maximum Gasteiger partial charge on any atom is 0.246 e. The number of thiazole rings is 1. The van der Waals surface area contributed by atoms with E-state index in [1.165, 1.54) is 0 Å². The SMILES string of the molecule is COc1ccc(CCNC(=O)COCc2nc3ccccc3s2)cc1. The van der Waals surface area contributed by atoms with Crippen LogP contribution in [0, 0.1) is 0 Å². The zero-order chi connectivity index (χ0) is 17.5. The second-order valence-electron chi connectivity index (χ2n) is 5.52. The molecular weight excluding hydrogens is 336 g/mol. The van der Waals surface area contributed by atoms with E-state index in [2.05, 4.69) is 10.3 Å². The van der Waals surface area contributed by atoms with Gasteiger partial charge in [-0.2, -0.15) is 0 Å². The summed E-state index contributed by atoms with van der Waals surface area (Å²) >= 11 is 1.59. The lowest BCUT2D eigenvalue weighted by atomic mass is 10.1. The smallest absolute Gasteiger partial charge is 0.246 e. The summed E-state index contributed by atoms with van der Waals surface area (Å²) in [6.45, 7) is 0.972. The van der Waals surface area contributed by atoms with Crippen molar-refractivity contribution in [1.29, 1.82) is 0 Å². The summed E-state index contributed by atoms with van der Waals surface area (Å²) < 4.78 is 11.7. The van der Waals surface area contributed by atoms with E-state index in [0.717, 1.165) is 33.0 Å². The predicted octanol–water partition coefficient (Wildman–Crippen LogP) is 3.18. The summed E-state index contributed by atoms with van der Waals surface area (Å²) in [6, 6.07) is 15.8. The fourth-order valence-corrected chi connectivity index (χ4v) is 3.31. The van der Waals surface area contributed by atoms with Gasteiger partial charge in [0.25, 0.3) is 0 Å². The molecule has 1 amide bonds. The second-order valence-corrected chi connectivity index (χ2v) is 6.63. The number of nitrogens with one attached hydrogen (secondary N) is 1. The molecule has 0 spiro atoms. The average molecular weight is 356 g/mol. The fraction of sp³-hybridized carbons (Fsp3) is 0.263. The summed E-state index contributed by atoms with van der Waals surface area (Å²) in [7, 11) is 1.64. The quantitative estimate of drug-likeness (QED) is 0.673. The van der Waals surface area contributed by atoms with E-state index in [4.69, 9.17) is 9.47 Å². The molecule has 0 bridgehead atoms. The van der Waals surface area contributed by atoms with Crippen LogP contribution in [0.1, 0.15) is 10.6 Å². The van der Waals surface area contributed by atoms with Crippen LogP contribution in [0.15, 0.2) is 48.5 Å². The third-order valence-corrected chi connectivity index (χ3v) is 4.70. The van der Waals surface area contributed by atoms with E-state index in [9.17, 15) is 4.79 Å². The molecule has 0 aliphatic carbocycles. The van der Waals surface area contributed by atoms with Crippen molar-refractivity contribution in [2.45, 2.75) is 13.0 Å². The highest BCUT2D eigenvalue weighted by atomic mass is 32.1. The number of methoxy groups -OCH3 is 1. The Morgan fingerprint density at radius 1 is 1.16 bits per heavy atom. The van der Waals surface area contributed by atoms with Crippen LogP contribution in [0.4, 0.5) is 0 Å². The zero-order valence-electron chi connectivity index (χ0n) is 14.0. The Morgan fingerprint density at radius 2 is 1.96 bits per heavy atom. The predicted molar refractivity (Wildman–Crippen MR) is 99.0 cm³/mol. The fourth-order valence-electron chi connectivity index (χ4n) is 2.40. The van der Waals surface area contributed by atoms with Crippen molar-refractivity contribution in [3.63, 3.8) is 0 Å². The lowest BCUT2D eigenvalue weighted by molar-refractivity contribution is -0.126. The van der Waals surface area contributed by atoms with Gasteiger partial charge in [-0.05, 0) is 36.2 Å². The van der Waals surface area contributed by atoms with Crippen LogP contribution in [-0.2, 0) is 22.6 Å². The molecule has 1 heterocycles. The average Bonchev–Trinajstić information content (AvgIpc) is 3.05. The molecule has 2 aromatic carbocycles. The summed E-state index contributed by atoms with van der Waals surface area (Å²) in [5, 5.41) is 3.74. The van der Waals surface area contributed by atoms with Gasteiger partial charge in [0.2, 0.25) is 5.91 Å². The van der Waals surface area contributed by atoms with Crippen LogP contribution in [0.2, 0.25) is 0 Å². The van der Waals surface area contributed by atoms with Crippen molar-refractivity contribution in [2.24, 2.45) is 0 Å². The number of ether oxygens (including phenoxy) is 2. The molecular formula is C19H20N2O3S. The van der Waals surface area contributed by atoms with E-state index in [-0.39, 0.29) is 12.5 Å². The Hall–Kier alpha value is -2.44. The number of benzene rings is 2. The molecule has 25 heavy (non-hydrogen) atoms. The molecule has 0 aliphatic heterocycles. The molecule has 0 saturated carbocycles. The molecule has 5 nitrogen and oxygen atoms in total. The van der Waals surface area contributed by atoms with E-state index < -0.39 is 0 Å². The Labute approximate surface area is 150 Å². The van der Waals surface area contributed by atoms with Gasteiger partial charge >= 0.3 is 0 Å². The van der Waals surface area contributed by atoms with Crippen molar-refractivity contribution in [3.8, 4) is 5.75 Å². The summed E-state index contributed by atoms with van der Waals surface area (Å²) in [4.78, 5) is 16.3. The number of nitrogens with zero attached hydrogens (tertiary/aromatic N) is 1. The zero-order valence-corrected chi connectivity index (χ0v) is 14.8. The number of aromatic nitrogens is 1. The van der Waals surface area contributed by atoms with Crippen LogP contribution in [0.25, 0.3) is 10.2 Å². The number of rotatable bonds is 8. The number of para-hydroxylation sites is 1. The lowest BCUT2D eigenvalue weighted by Gasteiger charge is -2.06. The maximum absolute atomic E-state index is 11.8. The second kappa shape index (κ2) is 8.60. The standard InChI is InChI=1S/C19H20N2O3S/c1-23-15-8-6-14(7-9-15)10-11-20-18(22)12-24-13-19-21-16-4-2-3-5-17(16)25-19/h2-9H,10-13H2,1H3,(H,20,22). The number of carbonyl (C=O) groups is 1. The van der Waals surface area contributed by atoms with Crippen LogP contribution >= 0.6 is 11.3 Å². The highest BCUT2D eigenvalue weighted by molar-refractivity contribution is 7.18. The van der Waals surface area contributed by atoms with Gasteiger partial charge in [-0.25, -0.2) is 4.98 Å². The third kappa shape index (κ3) is 5.01. The first-order valence-corrected chi connectivity index (χ1v) is 8.88. The van der Waals surface area contributed by atoms with E-state index in [1.54, 1.807) is 18.4 Å². The van der Waals surface area contributed by atoms with Gasteiger partial charge in [-0.15, -0.1) is 11.3 Å². The van der Waals surface area contributed by atoms with Crippen molar-refractivity contribution in [3.05, 3.63) is 59.1 Å². The van der Waals surface area contributed by atoms with Crippen molar-refractivity contribution < 1.29 is 14.3 Å². The van der Waals surface area contributed by atoms with Crippen molar-refractivity contribution in [2.75, 3.05) is 20.3 Å². The molecule has 130 valence electrons. The Morgan fingerprint density at radius 3 is 2.72 bits per heavy atom. The number of hydrogen-bond donors (Lipinski definition) is 1. The largest absolute Gasteiger partial charge is 0.497 e. The number of hydrogen-bond acceptors (Lipinski definition) is 5. The number of carbonyl (C=O) groups excluding carboxylic acids is 1. The van der Waals surface area contributed by atoms with Crippen LogP contribution < -0.4 is 10.1 Å². The maximum atomic E-state index is 11.8. The molecule has 1 aromatic heterocycles. The molecule has 3 aromatic rings. The molecule has 0 radical (unpaired) electrons. The minimum Gasteiger partial charge on any atom is -0.497 e. The monoisotopic (exact) mass is 356 g/mol. The van der Waals surface area contributed by atoms with Gasteiger partial charge in [-0.3, -0.25) is 4.79 Å². The van der Waals surface area contributed by atoms with Gasteiger partial charge in [-0.1, -0.05) is 24.3 Å².